The Labute approximate surface area is 124 Å². The second kappa shape index (κ2) is 8.39. The van der Waals surface area contributed by atoms with Crippen molar-refractivity contribution in [3.8, 4) is 0 Å². The molecule has 1 rings (SSSR count). The molecule has 1 unspecified atom stereocenters. The summed E-state index contributed by atoms with van der Waals surface area (Å²) in [5.41, 5.74) is -0.535. The topological polar surface area (TPSA) is 87.7 Å². The number of carbonyl (C=O) groups excluding carboxylic acids is 2. The number of hydrogen-bond acceptors (Lipinski definition) is 4. The molecule has 1 aromatic rings. The SMILES string of the molecule is COCCC(C)(O)CNC(=O)CNC(=O)c1ccccc1. The van der Waals surface area contributed by atoms with E-state index in [0.717, 1.165) is 0 Å². The van der Waals surface area contributed by atoms with Gasteiger partial charge in [-0.2, -0.15) is 0 Å². The van der Waals surface area contributed by atoms with E-state index in [1.54, 1.807) is 38.3 Å². The highest BCUT2D eigenvalue weighted by Gasteiger charge is 2.20. The van der Waals surface area contributed by atoms with Gasteiger partial charge >= 0.3 is 0 Å². The van der Waals surface area contributed by atoms with Crippen molar-refractivity contribution >= 4 is 11.8 Å². The van der Waals surface area contributed by atoms with Crippen LogP contribution in [-0.2, 0) is 9.53 Å². The molecule has 2 amide bonds. The first-order valence-corrected chi connectivity index (χ1v) is 6.76. The van der Waals surface area contributed by atoms with Gasteiger partial charge in [0.1, 0.15) is 0 Å². The number of rotatable bonds is 8. The summed E-state index contributed by atoms with van der Waals surface area (Å²) in [6.45, 7) is 2.01. The first kappa shape index (κ1) is 17.1. The summed E-state index contributed by atoms with van der Waals surface area (Å²) >= 11 is 0. The largest absolute Gasteiger partial charge is 0.388 e. The van der Waals surface area contributed by atoms with Crippen molar-refractivity contribution in [3.63, 3.8) is 0 Å². The summed E-state index contributed by atoms with van der Waals surface area (Å²) < 4.78 is 4.88. The highest BCUT2D eigenvalue weighted by atomic mass is 16.5. The van der Waals surface area contributed by atoms with Gasteiger partial charge in [-0.3, -0.25) is 9.59 Å². The van der Waals surface area contributed by atoms with Crippen LogP contribution >= 0.6 is 0 Å². The molecule has 6 nitrogen and oxygen atoms in total. The van der Waals surface area contributed by atoms with Crippen LogP contribution in [0.2, 0.25) is 0 Å². The molecule has 0 aromatic heterocycles. The Hall–Kier alpha value is -1.92. The maximum absolute atomic E-state index is 11.7. The average Bonchev–Trinajstić information content (AvgIpc) is 2.49. The Bertz CT molecular complexity index is 460. The van der Waals surface area contributed by atoms with E-state index < -0.39 is 5.60 Å². The fourth-order valence-electron chi connectivity index (χ4n) is 1.61. The molecule has 0 saturated carbocycles. The van der Waals surface area contributed by atoms with Gasteiger partial charge < -0.3 is 20.5 Å². The first-order chi connectivity index (χ1) is 9.94. The maximum atomic E-state index is 11.7. The molecule has 3 N–H and O–H groups in total. The quantitative estimate of drug-likeness (QED) is 0.644. The molecule has 21 heavy (non-hydrogen) atoms. The average molecular weight is 294 g/mol. The molecular weight excluding hydrogens is 272 g/mol. The number of hydrogen-bond donors (Lipinski definition) is 3. The van der Waals surface area contributed by atoms with Gasteiger partial charge in [0.15, 0.2) is 0 Å². The predicted molar refractivity (Wildman–Crippen MR) is 78.9 cm³/mol. The van der Waals surface area contributed by atoms with Crippen molar-refractivity contribution in [1.29, 1.82) is 0 Å². The van der Waals surface area contributed by atoms with E-state index >= 15 is 0 Å². The highest BCUT2D eigenvalue weighted by molar-refractivity contribution is 5.96. The van der Waals surface area contributed by atoms with Crippen LogP contribution in [0.4, 0.5) is 0 Å². The molecule has 0 radical (unpaired) electrons. The van der Waals surface area contributed by atoms with Gasteiger partial charge in [-0.05, 0) is 19.1 Å². The van der Waals surface area contributed by atoms with E-state index in [1.807, 2.05) is 6.07 Å². The van der Waals surface area contributed by atoms with Gasteiger partial charge in [-0.25, -0.2) is 0 Å². The Morgan fingerprint density at radius 3 is 2.52 bits per heavy atom. The van der Waals surface area contributed by atoms with Crippen LogP contribution in [0.1, 0.15) is 23.7 Å². The van der Waals surface area contributed by atoms with Crippen molar-refractivity contribution < 1.29 is 19.4 Å². The van der Waals surface area contributed by atoms with Crippen LogP contribution in [0.15, 0.2) is 30.3 Å². The maximum Gasteiger partial charge on any atom is 0.251 e. The first-order valence-electron chi connectivity index (χ1n) is 6.76. The van der Waals surface area contributed by atoms with Gasteiger partial charge in [0.2, 0.25) is 5.91 Å². The minimum Gasteiger partial charge on any atom is -0.388 e. The van der Waals surface area contributed by atoms with Gasteiger partial charge in [0, 0.05) is 32.2 Å². The molecular formula is C15H22N2O4. The van der Waals surface area contributed by atoms with Crippen LogP contribution in [0.5, 0.6) is 0 Å². The molecule has 0 heterocycles. The van der Waals surface area contributed by atoms with Crippen molar-refractivity contribution in [2.24, 2.45) is 0 Å². The van der Waals surface area contributed by atoms with Crippen molar-refractivity contribution in [2.75, 3.05) is 26.8 Å². The summed E-state index contributed by atoms with van der Waals surface area (Å²) in [6, 6.07) is 8.65. The summed E-state index contributed by atoms with van der Waals surface area (Å²) in [5, 5.41) is 15.1. The van der Waals surface area contributed by atoms with Crippen LogP contribution in [0.25, 0.3) is 0 Å². The third kappa shape index (κ3) is 6.87. The van der Waals surface area contributed by atoms with Crippen molar-refractivity contribution in [3.05, 3.63) is 35.9 Å². The highest BCUT2D eigenvalue weighted by Crippen LogP contribution is 2.07. The molecule has 1 atom stereocenters. The van der Waals surface area contributed by atoms with E-state index in [2.05, 4.69) is 10.6 Å². The Kier molecular flexibility index (Phi) is 6.84. The van der Waals surface area contributed by atoms with Gasteiger partial charge in [-0.15, -0.1) is 0 Å². The van der Waals surface area contributed by atoms with Gasteiger partial charge in [0.25, 0.3) is 5.91 Å². The van der Waals surface area contributed by atoms with Gasteiger partial charge in [-0.1, -0.05) is 18.2 Å². The standard InChI is InChI=1S/C15H22N2O4/c1-15(20,8-9-21-2)11-17-13(18)10-16-14(19)12-6-4-3-5-7-12/h3-7,20H,8-11H2,1-2H3,(H,16,19)(H,17,18). The van der Waals surface area contributed by atoms with E-state index in [9.17, 15) is 14.7 Å². The second-order valence-corrected chi connectivity index (χ2v) is 5.07. The van der Waals surface area contributed by atoms with E-state index in [4.69, 9.17) is 4.74 Å². The summed E-state index contributed by atoms with van der Waals surface area (Å²) in [7, 11) is 1.55. The number of benzene rings is 1. The van der Waals surface area contributed by atoms with Crippen LogP contribution in [0.3, 0.4) is 0 Å². The molecule has 0 aliphatic heterocycles. The van der Waals surface area contributed by atoms with E-state index in [-0.39, 0.29) is 24.9 Å². The molecule has 0 fully saturated rings. The summed E-state index contributed by atoms with van der Waals surface area (Å²) in [6.07, 6.45) is 0.417. The minimum atomic E-state index is -1.03. The van der Waals surface area contributed by atoms with Crippen molar-refractivity contribution in [1.82, 2.24) is 10.6 Å². The van der Waals surface area contributed by atoms with Crippen LogP contribution in [-0.4, -0.2) is 49.3 Å². The molecule has 0 bridgehead atoms. The predicted octanol–water partition coefficient (Wildman–Crippen LogP) is 0.320. The molecule has 0 aliphatic carbocycles. The molecule has 116 valence electrons. The van der Waals surface area contributed by atoms with Crippen LogP contribution < -0.4 is 10.6 Å². The monoisotopic (exact) mass is 294 g/mol. The molecule has 6 heteroatoms. The number of amides is 2. The fourth-order valence-corrected chi connectivity index (χ4v) is 1.61. The lowest BCUT2D eigenvalue weighted by Crippen LogP contribution is -2.45. The number of methoxy groups -OCH3 is 1. The number of ether oxygens (including phenoxy) is 1. The molecule has 0 saturated heterocycles. The van der Waals surface area contributed by atoms with Crippen LogP contribution in [0, 0.1) is 0 Å². The molecule has 1 aromatic carbocycles. The zero-order valence-corrected chi connectivity index (χ0v) is 12.4. The van der Waals surface area contributed by atoms with Gasteiger partial charge in [0.05, 0.1) is 12.1 Å². The number of aliphatic hydroxyl groups is 1. The minimum absolute atomic E-state index is 0.108. The van der Waals surface area contributed by atoms with E-state index in [0.29, 0.717) is 18.6 Å². The second-order valence-electron chi connectivity index (χ2n) is 5.07. The molecule has 0 spiro atoms. The lowest BCUT2D eigenvalue weighted by atomic mass is 10.0. The zero-order valence-electron chi connectivity index (χ0n) is 12.4. The zero-order chi connectivity index (χ0) is 15.7. The normalized spacial score (nSPS) is 13.3. The third-order valence-electron chi connectivity index (χ3n) is 2.96. The smallest absolute Gasteiger partial charge is 0.251 e. The summed E-state index contributed by atoms with van der Waals surface area (Å²) in [4.78, 5) is 23.4. The fraction of sp³-hybridized carbons (Fsp3) is 0.467. The van der Waals surface area contributed by atoms with E-state index in [1.165, 1.54) is 0 Å². The summed E-state index contributed by atoms with van der Waals surface area (Å²) in [5.74, 6) is -0.658. The lowest BCUT2D eigenvalue weighted by molar-refractivity contribution is -0.121. The number of carbonyl (C=O) groups is 2. The number of nitrogens with one attached hydrogen (secondary N) is 2. The Balaban J connectivity index is 2.30. The lowest BCUT2D eigenvalue weighted by Gasteiger charge is -2.23. The Morgan fingerprint density at radius 1 is 1.24 bits per heavy atom. The third-order valence-corrected chi connectivity index (χ3v) is 2.96. The molecule has 0 aliphatic rings. The van der Waals surface area contributed by atoms with Crippen molar-refractivity contribution in [2.45, 2.75) is 18.9 Å². The Morgan fingerprint density at radius 2 is 1.90 bits per heavy atom.